The third-order valence-electron chi connectivity index (χ3n) is 4.22. The van der Waals surface area contributed by atoms with Crippen LogP contribution in [-0.4, -0.2) is 15.6 Å². The Bertz CT molecular complexity index is 469. The lowest BCUT2D eigenvalue weighted by molar-refractivity contribution is -0.115. The quantitative estimate of drug-likeness (QED) is 0.777. The average Bonchev–Trinajstić information content (AvgIpc) is 2.75. The second-order valence-electron chi connectivity index (χ2n) is 5.69. The number of carbonyl (C=O) groups is 1. The Hall–Kier alpha value is -1.38. The second-order valence-corrected chi connectivity index (χ2v) is 5.69. The minimum Gasteiger partial charge on any atom is -0.294 e. The largest absolute Gasteiger partial charge is 0.294 e. The van der Waals surface area contributed by atoms with E-state index in [1.807, 2.05) is 16.9 Å². The van der Waals surface area contributed by atoms with Crippen LogP contribution in [0.4, 0.5) is 0 Å². The molecular formula is C17H26N2O. The van der Waals surface area contributed by atoms with Gasteiger partial charge in [-0.3, -0.25) is 9.48 Å². The summed E-state index contributed by atoms with van der Waals surface area (Å²) in [5, 5.41) is 4.58. The minimum absolute atomic E-state index is 0.265. The van der Waals surface area contributed by atoms with Gasteiger partial charge >= 0.3 is 0 Å². The highest BCUT2D eigenvalue weighted by Gasteiger charge is 2.14. The molecule has 1 aliphatic rings. The molecule has 0 aliphatic heterocycles. The average molecular weight is 274 g/mol. The van der Waals surface area contributed by atoms with Crippen LogP contribution in [0.5, 0.6) is 0 Å². The van der Waals surface area contributed by atoms with Crippen molar-refractivity contribution in [3.8, 4) is 0 Å². The zero-order valence-corrected chi connectivity index (χ0v) is 12.8. The van der Waals surface area contributed by atoms with Gasteiger partial charge in [0, 0.05) is 6.20 Å². The molecule has 0 unspecified atom stereocenters. The molecule has 20 heavy (non-hydrogen) atoms. The van der Waals surface area contributed by atoms with Crippen molar-refractivity contribution in [2.75, 3.05) is 0 Å². The zero-order chi connectivity index (χ0) is 14.4. The fourth-order valence-corrected chi connectivity index (χ4v) is 2.88. The van der Waals surface area contributed by atoms with Gasteiger partial charge < -0.3 is 0 Å². The minimum atomic E-state index is 0.265. The van der Waals surface area contributed by atoms with Gasteiger partial charge in [-0.15, -0.1) is 0 Å². The molecule has 1 heterocycles. The number of nitrogens with zero attached hydrogens (tertiary/aromatic N) is 2. The first-order valence-corrected chi connectivity index (χ1v) is 8.00. The number of rotatable bonds is 6. The lowest BCUT2D eigenvalue weighted by Gasteiger charge is -2.12. The summed E-state index contributed by atoms with van der Waals surface area (Å²) < 4.78 is 2.02. The first kappa shape index (κ1) is 15.0. The molecule has 2 rings (SSSR count). The van der Waals surface area contributed by atoms with Gasteiger partial charge in [-0.25, -0.2) is 0 Å². The van der Waals surface area contributed by atoms with Gasteiger partial charge in [0.15, 0.2) is 5.78 Å². The highest BCUT2D eigenvalue weighted by atomic mass is 16.1. The second kappa shape index (κ2) is 7.41. The molecule has 1 aliphatic carbocycles. The van der Waals surface area contributed by atoms with Crippen LogP contribution < -0.4 is 0 Å². The number of hydrogen-bond acceptors (Lipinski definition) is 2. The summed E-state index contributed by atoms with van der Waals surface area (Å²) in [4.78, 5) is 12.3. The predicted octanol–water partition coefficient (Wildman–Crippen LogP) is 4.25. The summed E-state index contributed by atoms with van der Waals surface area (Å²) in [5.74, 6) is 0.265. The first-order valence-electron chi connectivity index (χ1n) is 8.00. The maximum Gasteiger partial charge on any atom is 0.164 e. The smallest absolute Gasteiger partial charge is 0.164 e. The van der Waals surface area contributed by atoms with Crippen molar-refractivity contribution in [2.45, 2.75) is 71.3 Å². The van der Waals surface area contributed by atoms with Crippen molar-refractivity contribution in [3.05, 3.63) is 29.6 Å². The number of Topliss-reactive ketones (excluding diaryl/α,β-unsaturated/α-hetero) is 1. The molecule has 0 radical (unpaired) electrons. The summed E-state index contributed by atoms with van der Waals surface area (Å²) in [6.45, 7) is 4.36. The first-order chi connectivity index (χ1) is 9.74. The predicted molar refractivity (Wildman–Crippen MR) is 81.7 cm³/mol. The number of ketones is 1. The Morgan fingerprint density at radius 1 is 1.30 bits per heavy atom. The zero-order valence-electron chi connectivity index (χ0n) is 12.8. The van der Waals surface area contributed by atoms with Crippen molar-refractivity contribution >= 4 is 5.78 Å². The van der Waals surface area contributed by atoms with Crippen LogP contribution in [0.1, 0.15) is 70.5 Å². The van der Waals surface area contributed by atoms with E-state index in [0.717, 1.165) is 43.4 Å². The van der Waals surface area contributed by atoms with Gasteiger partial charge in [0.1, 0.15) is 0 Å². The number of allylic oxidation sites excluding steroid dienone is 2. The highest BCUT2D eigenvalue weighted by molar-refractivity contribution is 5.96. The van der Waals surface area contributed by atoms with E-state index in [9.17, 15) is 4.79 Å². The van der Waals surface area contributed by atoms with E-state index >= 15 is 0 Å². The molecule has 1 aromatic rings. The SMILES string of the molecule is CCC(CC)n1ccc(CC(=O)C2=CCCCCC2)n1. The van der Waals surface area contributed by atoms with Gasteiger partial charge in [-0.2, -0.15) is 5.10 Å². The number of hydrogen-bond donors (Lipinski definition) is 0. The Morgan fingerprint density at radius 2 is 2.10 bits per heavy atom. The molecule has 0 saturated heterocycles. The lowest BCUT2D eigenvalue weighted by atomic mass is 10.0. The van der Waals surface area contributed by atoms with Crippen LogP contribution >= 0.6 is 0 Å². The van der Waals surface area contributed by atoms with Crippen LogP contribution in [0.2, 0.25) is 0 Å². The third-order valence-corrected chi connectivity index (χ3v) is 4.22. The Labute approximate surface area is 122 Å². The molecule has 0 fully saturated rings. The van der Waals surface area contributed by atoms with Crippen LogP contribution in [0.25, 0.3) is 0 Å². The molecule has 0 N–H and O–H groups in total. The Balaban J connectivity index is 1.99. The van der Waals surface area contributed by atoms with E-state index in [2.05, 4.69) is 25.0 Å². The number of aromatic nitrogens is 2. The molecule has 110 valence electrons. The van der Waals surface area contributed by atoms with Crippen molar-refractivity contribution < 1.29 is 4.79 Å². The van der Waals surface area contributed by atoms with E-state index in [4.69, 9.17) is 0 Å². The fraction of sp³-hybridized carbons (Fsp3) is 0.647. The monoisotopic (exact) mass is 274 g/mol. The number of carbonyl (C=O) groups excluding carboxylic acids is 1. The van der Waals surface area contributed by atoms with Crippen molar-refractivity contribution in [2.24, 2.45) is 0 Å². The van der Waals surface area contributed by atoms with Gasteiger partial charge in [0.05, 0.1) is 18.2 Å². The molecular weight excluding hydrogens is 248 g/mol. The third kappa shape index (κ3) is 3.81. The van der Waals surface area contributed by atoms with Gasteiger partial charge in [-0.1, -0.05) is 26.3 Å². The van der Waals surface area contributed by atoms with Crippen LogP contribution in [-0.2, 0) is 11.2 Å². The van der Waals surface area contributed by atoms with Gasteiger partial charge in [0.25, 0.3) is 0 Å². The summed E-state index contributed by atoms with van der Waals surface area (Å²) in [5.41, 5.74) is 1.94. The van der Waals surface area contributed by atoms with Crippen molar-refractivity contribution in [3.63, 3.8) is 0 Å². The van der Waals surface area contributed by atoms with E-state index in [1.165, 1.54) is 12.8 Å². The molecule has 0 aromatic carbocycles. The summed E-state index contributed by atoms with van der Waals surface area (Å²) in [6.07, 6.45) is 12.4. The van der Waals surface area contributed by atoms with Crippen molar-refractivity contribution in [1.82, 2.24) is 9.78 Å². The van der Waals surface area contributed by atoms with Crippen LogP contribution in [0.15, 0.2) is 23.9 Å². The maximum absolute atomic E-state index is 12.3. The fourth-order valence-electron chi connectivity index (χ4n) is 2.88. The molecule has 0 atom stereocenters. The maximum atomic E-state index is 12.3. The van der Waals surface area contributed by atoms with Gasteiger partial charge in [0.2, 0.25) is 0 Å². The summed E-state index contributed by atoms with van der Waals surface area (Å²) in [7, 11) is 0. The standard InChI is InChI=1S/C17H26N2O/c1-3-16(4-2)19-12-11-15(18-19)13-17(20)14-9-7-5-6-8-10-14/h9,11-12,16H,3-8,10,13H2,1-2H3. The molecule has 0 bridgehead atoms. The molecule has 0 amide bonds. The topological polar surface area (TPSA) is 34.9 Å². The molecule has 0 saturated carbocycles. The van der Waals surface area contributed by atoms with Crippen molar-refractivity contribution in [1.29, 1.82) is 0 Å². The molecule has 1 aromatic heterocycles. The Morgan fingerprint density at radius 3 is 2.85 bits per heavy atom. The lowest BCUT2D eigenvalue weighted by Crippen LogP contribution is -2.10. The van der Waals surface area contributed by atoms with E-state index in [1.54, 1.807) is 0 Å². The van der Waals surface area contributed by atoms with E-state index < -0.39 is 0 Å². The molecule has 0 spiro atoms. The molecule has 3 nitrogen and oxygen atoms in total. The highest BCUT2D eigenvalue weighted by Crippen LogP contribution is 2.20. The summed E-state index contributed by atoms with van der Waals surface area (Å²) >= 11 is 0. The normalized spacial score (nSPS) is 16.1. The van der Waals surface area contributed by atoms with Crippen LogP contribution in [0.3, 0.4) is 0 Å². The van der Waals surface area contributed by atoms with Crippen LogP contribution in [0, 0.1) is 0 Å². The van der Waals surface area contributed by atoms with E-state index in [-0.39, 0.29) is 5.78 Å². The summed E-state index contributed by atoms with van der Waals surface area (Å²) in [6, 6.07) is 2.45. The molecule has 3 heteroatoms. The Kier molecular flexibility index (Phi) is 5.57. The van der Waals surface area contributed by atoms with Gasteiger partial charge in [-0.05, 0) is 50.2 Å². The van der Waals surface area contributed by atoms with E-state index in [0.29, 0.717) is 12.5 Å².